The third kappa shape index (κ3) is 3.98. The van der Waals surface area contributed by atoms with Gasteiger partial charge >= 0.3 is 0 Å². The van der Waals surface area contributed by atoms with Gasteiger partial charge in [0, 0.05) is 13.6 Å². The zero-order chi connectivity index (χ0) is 12.7. The van der Waals surface area contributed by atoms with Crippen molar-refractivity contribution in [1.29, 1.82) is 0 Å². The minimum Gasteiger partial charge on any atom is -0.493 e. The second kappa shape index (κ2) is 6.78. The highest BCUT2D eigenvalue weighted by Crippen LogP contribution is 2.25. The molecule has 17 heavy (non-hydrogen) atoms. The molecule has 0 aromatic heterocycles. The van der Waals surface area contributed by atoms with Crippen molar-refractivity contribution in [3.05, 3.63) is 24.3 Å². The van der Waals surface area contributed by atoms with Crippen LogP contribution in [0.3, 0.4) is 0 Å². The van der Waals surface area contributed by atoms with E-state index in [0.29, 0.717) is 31.1 Å². The number of ether oxygens (including phenoxy) is 2. The van der Waals surface area contributed by atoms with E-state index in [1.54, 1.807) is 19.1 Å². The van der Waals surface area contributed by atoms with Crippen molar-refractivity contribution in [3.8, 4) is 11.5 Å². The first kappa shape index (κ1) is 13.4. The number of benzene rings is 1. The van der Waals surface area contributed by atoms with E-state index in [0.717, 1.165) is 0 Å². The van der Waals surface area contributed by atoms with Gasteiger partial charge in [-0.25, -0.2) is 0 Å². The second-order valence-electron chi connectivity index (χ2n) is 3.66. The van der Waals surface area contributed by atoms with Crippen LogP contribution in [0.1, 0.15) is 13.3 Å². The minimum absolute atomic E-state index is 0.0856. The molecule has 1 aromatic rings. The molecule has 0 saturated carbocycles. The fraction of sp³-hybridized carbons (Fsp3) is 0.462. The van der Waals surface area contributed by atoms with Crippen molar-refractivity contribution in [2.24, 2.45) is 0 Å². The van der Waals surface area contributed by atoms with Gasteiger partial charge in [-0.15, -0.1) is 0 Å². The van der Waals surface area contributed by atoms with E-state index in [2.05, 4.69) is 0 Å². The van der Waals surface area contributed by atoms with Gasteiger partial charge < -0.3 is 14.4 Å². The zero-order valence-corrected chi connectivity index (χ0v) is 10.6. The molecule has 1 aromatic carbocycles. The molecule has 0 fully saturated rings. The van der Waals surface area contributed by atoms with Crippen LogP contribution in [0.25, 0.3) is 0 Å². The molecule has 4 nitrogen and oxygen atoms in total. The lowest BCUT2D eigenvalue weighted by atomic mass is 10.3. The summed E-state index contributed by atoms with van der Waals surface area (Å²) in [5, 5.41) is 0. The molecule has 0 aliphatic rings. The average Bonchev–Trinajstić information content (AvgIpc) is 2.38. The molecule has 0 bridgehead atoms. The molecule has 0 unspecified atom stereocenters. The molecular weight excluding hydrogens is 218 g/mol. The van der Waals surface area contributed by atoms with Crippen LogP contribution in [0.15, 0.2) is 24.3 Å². The van der Waals surface area contributed by atoms with Crippen LogP contribution in [-0.2, 0) is 4.79 Å². The van der Waals surface area contributed by atoms with Gasteiger partial charge in [-0.2, -0.15) is 0 Å². The van der Waals surface area contributed by atoms with Crippen molar-refractivity contribution in [2.45, 2.75) is 13.3 Å². The fourth-order valence-electron chi connectivity index (χ4n) is 1.35. The molecule has 0 aliphatic heterocycles. The number of hydrogen-bond acceptors (Lipinski definition) is 3. The third-order valence-corrected chi connectivity index (χ3v) is 2.54. The molecule has 0 saturated heterocycles. The van der Waals surface area contributed by atoms with Gasteiger partial charge in [0.2, 0.25) is 5.91 Å². The van der Waals surface area contributed by atoms with Gasteiger partial charge in [0.1, 0.15) is 0 Å². The fourth-order valence-corrected chi connectivity index (χ4v) is 1.35. The first-order valence-electron chi connectivity index (χ1n) is 5.68. The third-order valence-electron chi connectivity index (χ3n) is 2.54. The predicted octanol–water partition coefficient (Wildman–Crippen LogP) is 1.94. The topological polar surface area (TPSA) is 38.8 Å². The van der Waals surface area contributed by atoms with Crippen LogP contribution >= 0.6 is 0 Å². The number of methoxy groups -OCH3 is 1. The van der Waals surface area contributed by atoms with E-state index in [1.807, 2.05) is 31.2 Å². The maximum Gasteiger partial charge on any atom is 0.225 e. The Morgan fingerprint density at radius 3 is 2.53 bits per heavy atom. The Kier molecular flexibility index (Phi) is 5.33. The maximum atomic E-state index is 11.5. The molecule has 94 valence electrons. The minimum atomic E-state index is 0.0856. The molecule has 0 aliphatic carbocycles. The summed E-state index contributed by atoms with van der Waals surface area (Å²) in [6, 6.07) is 7.40. The lowest BCUT2D eigenvalue weighted by Crippen LogP contribution is -2.27. The highest BCUT2D eigenvalue weighted by atomic mass is 16.5. The lowest BCUT2D eigenvalue weighted by molar-refractivity contribution is -0.130. The first-order chi connectivity index (χ1) is 8.19. The van der Waals surface area contributed by atoms with Crippen molar-refractivity contribution < 1.29 is 14.3 Å². The number of amides is 1. The standard InChI is InChI=1S/C13H19NO3/c1-4-14(2)13(15)9-10-17-12-8-6-5-7-11(12)16-3/h5-8H,4,9-10H2,1-3H3. The number of carbonyl (C=O) groups excluding carboxylic acids is 1. The average molecular weight is 237 g/mol. The first-order valence-corrected chi connectivity index (χ1v) is 5.68. The van der Waals surface area contributed by atoms with Crippen molar-refractivity contribution >= 4 is 5.91 Å². The van der Waals surface area contributed by atoms with Gasteiger partial charge in [-0.1, -0.05) is 12.1 Å². The van der Waals surface area contributed by atoms with Crippen LogP contribution in [0.4, 0.5) is 0 Å². The Morgan fingerprint density at radius 1 is 1.29 bits per heavy atom. The van der Waals surface area contributed by atoms with Gasteiger partial charge in [0.25, 0.3) is 0 Å². The summed E-state index contributed by atoms with van der Waals surface area (Å²) in [5.41, 5.74) is 0. The van der Waals surface area contributed by atoms with Crippen molar-refractivity contribution in [1.82, 2.24) is 4.90 Å². The molecule has 0 heterocycles. The summed E-state index contributed by atoms with van der Waals surface area (Å²) < 4.78 is 10.7. The Bertz CT molecular complexity index is 365. The van der Waals surface area contributed by atoms with E-state index in [9.17, 15) is 4.79 Å². The monoisotopic (exact) mass is 237 g/mol. The molecule has 0 spiro atoms. The smallest absolute Gasteiger partial charge is 0.225 e. The van der Waals surface area contributed by atoms with Crippen LogP contribution in [-0.4, -0.2) is 38.1 Å². The molecule has 0 N–H and O–H groups in total. The Morgan fingerprint density at radius 2 is 1.94 bits per heavy atom. The second-order valence-corrected chi connectivity index (χ2v) is 3.66. The largest absolute Gasteiger partial charge is 0.493 e. The molecule has 1 rings (SSSR count). The zero-order valence-electron chi connectivity index (χ0n) is 10.6. The van der Waals surface area contributed by atoms with Crippen LogP contribution in [0.2, 0.25) is 0 Å². The maximum absolute atomic E-state index is 11.5. The normalized spacial score (nSPS) is 9.82. The SMILES string of the molecule is CCN(C)C(=O)CCOc1ccccc1OC. The van der Waals surface area contributed by atoms with Gasteiger partial charge in [-0.05, 0) is 19.1 Å². The van der Waals surface area contributed by atoms with Crippen LogP contribution < -0.4 is 9.47 Å². The van der Waals surface area contributed by atoms with Gasteiger partial charge in [0.15, 0.2) is 11.5 Å². The number of hydrogen-bond donors (Lipinski definition) is 0. The molecular formula is C13H19NO3. The summed E-state index contributed by atoms with van der Waals surface area (Å²) in [6.07, 6.45) is 0.377. The molecule has 4 heteroatoms. The summed E-state index contributed by atoms with van der Waals surface area (Å²) in [5.74, 6) is 1.44. The summed E-state index contributed by atoms with van der Waals surface area (Å²) in [4.78, 5) is 13.2. The highest BCUT2D eigenvalue weighted by Gasteiger charge is 2.07. The predicted molar refractivity (Wildman–Crippen MR) is 66.4 cm³/mol. The van der Waals surface area contributed by atoms with E-state index in [-0.39, 0.29) is 5.91 Å². The van der Waals surface area contributed by atoms with Crippen molar-refractivity contribution in [3.63, 3.8) is 0 Å². The van der Waals surface area contributed by atoms with E-state index < -0.39 is 0 Å². The summed E-state index contributed by atoms with van der Waals surface area (Å²) >= 11 is 0. The number of nitrogens with zero attached hydrogens (tertiary/aromatic N) is 1. The van der Waals surface area contributed by atoms with E-state index >= 15 is 0 Å². The number of carbonyl (C=O) groups is 1. The molecule has 0 radical (unpaired) electrons. The summed E-state index contributed by atoms with van der Waals surface area (Å²) in [6.45, 7) is 3.02. The molecule has 0 atom stereocenters. The Labute approximate surface area is 102 Å². The van der Waals surface area contributed by atoms with Crippen molar-refractivity contribution in [2.75, 3.05) is 27.3 Å². The quantitative estimate of drug-likeness (QED) is 0.759. The lowest BCUT2D eigenvalue weighted by Gasteiger charge is -2.15. The van der Waals surface area contributed by atoms with Gasteiger partial charge in [0.05, 0.1) is 20.1 Å². The van der Waals surface area contributed by atoms with E-state index in [1.165, 1.54) is 0 Å². The number of rotatable bonds is 6. The number of para-hydroxylation sites is 2. The Balaban J connectivity index is 2.43. The Hall–Kier alpha value is -1.71. The van der Waals surface area contributed by atoms with Gasteiger partial charge in [-0.3, -0.25) is 4.79 Å². The highest BCUT2D eigenvalue weighted by molar-refractivity contribution is 5.75. The van der Waals surface area contributed by atoms with E-state index in [4.69, 9.17) is 9.47 Å². The molecule has 1 amide bonds. The summed E-state index contributed by atoms with van der Waals surface area (Å²) in [7, 11) is 3.38. The van der Waals surface area contributed by atoms with Crippen LogP contribution in [0, 0.1) is 0 Å². The van der Waals surface area contributed by atoms with Crippen LogP contribution in [0.5, 0.6) is 11.5 Å².